The van der Waals surface area contributed by atoms with Crippen LogP contribution in [0, 0.1) is 5.82 Å². The van der Waals surface area contributed by atoms with Crippen molar-refractivity contribution in [2.24, 2.45) is 0 Å². The Kier molecular flexibility index (Phi) is 6.07. The Labute approximate surface area is 215 Å². The van der Waals surface area contributed by atoms with Crippen molar-refractivity contribution < 1.29 is 30.7 Å². The van der Waals surface area contributed by atoms with Crippen LogP contribution in [0.3, 0.4) is 0 Å². The Balaban J connectivity index is 1.19. The predicted molar refractivity (Wildman–Crippen MR) is 133 cm³/mol. The molecule has 37 heavy (non-hydrogen) atoms. The Morgan fingerprint density at radius 1 is 0.973 bits per heavy atom. The van der Waals surface area contributed by atoms with Crippen LogP contribution in [-0.2, 0) is 19.9 Å². The van der Waals surface area contributed by atoms with E-state index in [0.29, 0.717) is 25.7 Å². The van der Waals surface area contributed by atoms with Crippen LogP contribution < -0.4 is 14.8 Å². The van der Waals surface area contributed by atoms with Crippen molar-refractivity contribution in [1.29, 1.82) is 0 Å². The summed E-state index contributed by atoms with van der Waals surface area (Å²) in [6, 6.07) is 3.59. The number of nitrogens with zero attached hydrogens (tertiary/aromatic N) is 3. The van der Waals surface area contributed by atoms with Crippen LogP contribution in [0.4, 0.5) is 15.9 Å². The molecule has 2 saturated heterocycles. The smallest absolute Gasteiger partial charge is 0.262 e. The summed E-state index contributed by atoms with van der Waals surface area (Å²) in [6.07, 6.45) is 6.45. The molecule has 4 fully saturated rings. The van der Waals surface area contributed by atoms with Crippen LogP contribution in [0.2, 0.25) is 0 Å². The molecule has 3 atom stereocenters. The maximum atomic E-state index is 14.8. The van der Waals surface area contributed by atoms with Crippen LogP contribution in [-0.4, -0.2) is 66.9 Å². The van der Waals surface area contributed by atoms with E-state index in [-0.39, 0.29) is 51.5 Å². The number of sulfonamides is 1. The number of methoxy groups -OCH3 is 1. The second-order valence-corrected chi connectivity index (χ2v) is 14.6. The first-order valence-electron chi connectivity index (χ1n) is 12.6. The average Bonchev–Trinajstić information content (AvgIpc) is 3.76. The van der Waals surface area contributed by atoms with E-state index in [4.69, 9.17) is 9.47 Å². The molecular formula is C24H29FN4O6S2. The molecule has 1 N–H and O–H groups in total. The van der Waals surface area contributed by atoms with Crippen molar-refractivity contribution in [1.82, 2.24) is 14.3 Å². The number of aromatic nitrogens is 2. The van der Waals surface area contributed by atoms with Crippen LogP contribution in [0.25, 0.3) is 0 Å². The summed E-state index contributed by atoms with van der Waals surface area (Å²) in [4.78, 5) is 8.34. The second-order valence-electron chi connectivity index (χ2n) is 10.2. The fraction of sp³-hybridized carbons (Fsp3) is 0.583. The minimum Gasteiger partial charge on any atom is -0.489 e. The van der Waals surface area contributed by atoms with E-state index in [2.05, 4.69) is 15.3 Å². The molecule has 1 aromatic heterocycles. The van der Waals surface area contributed by atoms with Gasteiger partial charge in [-0.05, 0) is 56.7 Å². The van der Waals surface area contributed by atoms with Crippen molar-refractivity contribution in [3.8, 4) is 11.6 Å². The molecule has 2 aliphatic carbocycles. The number of hydrogen-bond acceptors (Lipinski definition) is 9. The van der Waals surface area contributed by atoms with Gasteiger partial charge in [-0.3, -0.25) is 0 Å². The van der Waals surface area contributed by atoms with E-state index in [1.807, 2.05) is 0 Å². The molecule has 0 amide bonds. The number of hydrogen-bond donors (Lipinski definition) is 1. The maximum absolute atomic E-state index is 14.8. The lowest BCUT2D eigenvalue weighted by atomic mass is 10.0. The van der Waals surface area contributed by atoms with Crippen LogP contribution in [0.5, 0.6) is 11.6 Å². The van der Waals surface area contributed by atoms with Gasteiger partial charge in [-0.25, -0.2) is 26.2 Å². The van der Waals surface area contributed by atoms with Gasteiger partial charge in [0.15, 0.2) is 15.7 Å². The van der Waals surface area contributed by atoms with E-state index in [9.17, 15) is 21.2 Å². The van der Waals surface area contributed by atoms with Gasteiger partial charge in [0.05, 0.1) is 28.2 Å². The summed E-state index contributed by atoms with van der Waals surface area (Å²) < 4.78 is 78.9. The SMILES string of the molecule is COc1c(Nc2ccc(S(=O)(=O)C3CC3)cc2F)ncnc1OC1CC2CC[C@@H](C1)N2S(=O)(=O)C1CC1. The molecular weight excluding hydrogens is 523 g/mol. The maximum Gasteiger partial charge on any atom is 0.262 e. The third-order valence-electron chi connectivity index (χ3n) is 7.60. The molecule has 1 aromatic carbocycles. The van der Waals surface area contributed by atoms with Gasteiger partial charge >= 0.3 is 0 Å². The Bertz CT molecular complexity index is 1410. The van der Waals surface area contributed by atoms with Gasteiger partial charge in [-0.15, -0.1) is 0 Å². The highest BCUT2D eigenvalue weighted by Crippen LogP contribution is 2.44. The van der Waals surface area contributed by atoms with Crippen molar-refractivity contribution in [3.05, 3.63) is 30.3 Å². The van der Waals surface area contributed by atoms with Gasteiger partial charge in [0, 0.05) is 24.9 Å². The molecule has 2 bridgehead atoms. The first kappa shape index (κ1) is 24.8. The molecule has 6 rings (SSSR count). The molecule has 3 heterocycles. The molecule has 2 unspecified atom stereocenters. The third kappa shape index (κ3) is 4.54. The standard InChI is InChI=1S/C24H29FN4O6S2/c1-34-22-23(28-21-9-8-19(12-20(21)25)36(30,31)17-4-5-17)26-13-27-24(22)35-16-10-14-2-3-15(11-16)29(14)37(32,33)18-6-7-18/h8-9,12-18H,2-7,10-11H2,1H3,(H,26,27,28)/t14-,15?,16?/m0/s1. The van der Waals surface area contributed by atoms with Crippen molar-refractivity contribution >= 4 is 31.4 Å². The van der Waals surface area contributed by atoms with Gasteiger partial charge in [0.1, 0.15) is 18.2 Å². The molecule has 2 aromatic rings. The van der Waals surface area contributed by atoms with E-state index in [1.165, 1.54) is 25.6 Å². The lowest BCUT2D eigenvalue weighted by Gasteiger charge is -2.37. The fourth-order valence-electron chi connectivity index (χ4n) is 5.48. The molecule has 4 aliphatic rings. The van der Waals surface area contributed by atoms with E-state index in [0.717, 1.165) is 31.7 Å². The zero-order valence-electron chi connectivity index (χ0n) is 20.3. The second kappa shape index (κ2) is 9.05. The summed E-state index contributed by atoms with van der Waals surface area (Å²) in [5.41, 5.74) is 0.0364. The highest BCUT2D eigenvalue weighted by molar-refractivity contribution is 7.92. The molecule has 10 nitrogen and oxygen atoms in total. The zero-order valence-corrected chi connectivity index (χ0v) is 22.0. The van der Waals surface area contributed by atoms with E-state index in [1.54, 1.807) is 4.31 Å². The first-order chi connectivity index (χ1) is 17.7. The lowest BCUT2D eigenvalue weighted by molar-refractivity contribution is 0.0887. The predicted octanol–water partition coefficient (Wildman–Crippen LogP) is 3.17. The number of nitrogens with one attached hydrogen (secondary N) is 1. The number of rotatable bonds is 9. The first-order valence-corrected chi connectivity index (χ1v) is 15.6. The third-order valence-corrected chi connectivity index (χ3v) is 12.4. The summed E-state index contributed by atoms with van der Waals surface area (Å²) in [7, 11) is -5.34. The molecule has 2 saturated carbocycles. The van der Waals surface area contributed by atoms with Gasteiger partial charge in [-0.2, -0.15) is 9.29 Å². The Hall–Kier alpha value is -2.51. The number of halogens is 1. The summed E-state index contributed by atoms with van der Waals surface area (Å²) in [5, 5.41) is 2.20. The molecule has 200 valence electrons. The van der Waals surface area contributed by atoms with Crippen molar-refractivity contribution in [2.75, 3.05) is 12.4 Å². The molecule has 2 aliphatic heterocycles. The van der Waals surface area contributed by atoms with Gasteiger partial charge in [-0.1, -0.05) is 0 Å². The Morgan fingerprint density at radius 3 is 2.24 bits per heavy atom. The Morgan fingerprint density at radius 2 is 1.65 bits per heavy atom. The highest BCUT2D eigenvalue weighted by Gasteiger charge is 2.52. The summed E-state index contributed by atoms with van der Waals surface area (Å²) in [6.45, 7) is 0. The number of fused-ring (bicyclic) bond motifs is 2. The van der Waals surface area contributed by atoms with Gasteiger partial charge in [0.25, 0.3) is 5.88 Å². The van der Waals surface area contributed by atoms with Crippen molar-refractivity contribution in [3.63, 3.8) is 0 Å². The zero-order chi connectivity index (χ0) is 25.9. The largest absolute Gasteiger partial charge is 0.489 e. The minimum absolute atomic E-state index is 0.0364. The highest BCUT2D eigenvalue weighted by atomic mass is 32.2. The molecule has 13 heteroatoms. The van der Waals surface area contributed by atoms with Crippen LogP contribution >= 0.6 is 0 Å². The van der Waals surface area contributed by atoms with Crippen molar-refractivity contribution in [2.45, 2.75) is 84.9 Å². The van der Waals surface area contributed by atoms with E-state index >= 15 is 0 Å². The monoisotopic (exact) mass is 552 g/mol. The topological polar surface area (TPSA) is 128 Å². The van der Waals surface area contributed by atoms with Crippen LogP contribution in [0.1, 0.15) is 51.4 Å². The average molecular weight is 553 g/mol. The number of piperidine rings is 1. The number of sulfone groups is 1. The van der Waals surface area contributed by atoms with Crippen LogP contribution in [0.15, 0.2) is 29.4 Å². The number of benzene rings is 1. The van der Waals surface area contributed by atoms with Gasteiger partial charge in [0.2, 0.25) is 15.8 Å². The number of ether oxygens (including phenoxy) is 2. The fourth-order valence-corrected chi connectivity index (χ4v) is 9.44. The molecule has 0 radical (unpaired) electrons. The normalized spacial score (nSPS) is 26.2. The minimum atomic E-state index is -3.51. The van der Waals surface area contributed by atoms with E-state index < -0.39 is 30.9 Å². The lowest BCUT2D eigenvalue weighted by Crippen LogP contribution is -2.50. The van der Waals surface area contributed by atoms with Gasteiger partial charge < -0.3 is 14.8 Å². The number of anilines is 2. The quantitative estimate of drug-likeness (QED) is 0.499. The summed E-state index contributed by atoms with van der Waals surface area (Å²) >= 11 is 0. The summed E-state index contributed by atoms with van der Waals surface area (Å²) in [5.74, 6) is -0.209. The molecule has 0 spiro atoms.